The lowest BCUT2D eigenvalue weighted by molar-refractivity contribution is -0.197. The molecule has 14 nitrogen and oxygen atoms in total. The Bertz CT molecular complexity index is 953. The molecule has 3 fully saturated rings. The molecular formula is C28H45N5O9S. The molecule has 0 aliphatic carbocycles. The predicted octanol–water partition coefficient (Wildman–Crippen LogP) is 0.926. The van der Waals surface area contributed by atoms with E-state index in [4.69, 9.17) is 14.3 Å². The van der Waals surface area contributed by atoms with Gasteiger partial charge in [0.15, 0.2) is 0 Å². The average Bonchev–Trinajstić information content (AvgIpc) is 3.63. The fraction of sp³-hybridized carbons (Fsp3) is 0.786. The van der Waals surface area contributed by atoms with Crippen molar-refractivity contribution in [2.24, 2.45) is 0 Å². The maximum absolute atomic E-state index is 12.0. The van der Waals surface area contributed by atoms with Crippen LogP contribution in [0.25, 0.3) is 0 Å². The molecule has 3 heterocycles. The summed E-state index contributed by atoms with van der Waals surface area (Å²) in [6, 6.07) is 0.363. The summed E-state index contributed by atoms with van der Waals surface area (Å²) in [5.74, 6) is -0.687. The molecule has 0 aromatic rings. The minimum absolute atomic E-state index is 0.0125. The highest BCUT2D eigenvalue weighted by atomic mass is 32.2. The van der Waals surface area contributed by atoms with Crippen molar-refractivity contribution in [3.8, 4) is 0 Å². The summed E-state index contributed by atoms with van der Waals surface area (Å²) < 4.78 is 10.9. The summed E-state index contributed by atoms with van der Waals surface area (Å²) >= 11 is 1.88. The molecule has 3 aliphatic rings. The predicted molar refractivity (Wildman–Crippen MR) is 156 cm³/mol. The lowest BCUT2D eigenvalue weighted by Crippen LogP contribution is -2.36. The third-order valence-electron chi connectivity index (χ3n) is 7.32. The zero-order valence-corrected chi connectivity index (χ0v) is 25.5. The monoisotopic (exact) mass is 627 g/mol. The van der Waals surface area contributed by atoms with Gasteiger partial charge in [-0.3, -0.25) is 19.2 Å². The maximum Gasteiger partial charge on any atom is 0.333 e. The van der Waals surface area contributed by atoms with Crippen molar-refractivity contribution >= 4 is 47.4 Å². The number of hydrogen-bond donors (Lipinski definition) is 4. The highest BCUT2D eigenvalue weighted by Crippen LogP contribution is 2.33. The fourth-order valence-corrected chi connectivity index (χ4v) is 6.56. The number of unbranched alkanes of at least 4 members (excludes halogenated alkanes) is 4. The highest BCUT2D eigenvalue weighted by molar-refractivity contribution is 8.00. The van der Waals surface area contributed by atoms with Gasteiger partial charge in [-0.15, -0.1) is 5.06 Å². The Hall–Kier alpha value is -2.91. The van der Waals surface area contributed by atoms with Crippen molar-refractivity contribution in [2.75, 3.05) is 45.3 Å². The van der Waals surface area contributed by atoms with Crippen LogP contribution in [0, 0.1) is 0 Å². The second kappa shape index (κ2) is 19.4. The van der Waals surface area contributed by atoms with E-state index in [9.17, 15) is 28.8 Å². The number of nitrogens with zero attached hydrogens (tertiary/aromatic N) is 1. The summed E-state index contributed by atoms with van der Waals surface area (Å²) in [6.07, 6.45) is 6.64. The topological polar surface area (TPSA) is 181 Å². The van der Waals surface area contributed by atoms with Gasteiger partial charge in [-0.05, 0) is 25.7 Å². The molecule has 242 valence electrons. The number of nitrogens with one attached hydrogen (secondary N) is 4. The van der Waals surface area contributed by atoms with E-state index in [0.717, 1.165) is 37.9 Å². The Morgan fingerprint density at radius 3 is 1.98 bits per heavy atom. The van der Waals surface area contributed by atoms with Crippen LogP contribution in [0.2, 0.25) is 0 Å². The van der Waals surface area contributed by atoms with Crippen LogP contribution < -0.4 is 21.3 Å². The molecular weight excluding hydrogens is 582 g/mol. The Balaban J connectivity index is 1.02. The summed E-state index contributed by atoms with van der Waals surface area (Å²) in [7, 11) is 0. The first-order valence-electron chi connectivity index (χ1n) is 15.3. The molecule has 43 heavy (non-hydrogen) atoms. The summed E-state index contributed by atoms with van der Waals surface area (Å²) in [4.78, 5) is 74.8. The number of urea groups is 1. The van der Waals surface area contributed by atoms with Crippen molar-refractivity contribution < 1.29 is 43.1 Å². The molecule has 4 N–H and O–H groups in total. The van der Waals surface area contributed by atoms with Gasteiger partial charge in [0.1, 0.15) is 0 Å². The van der Waals surface area contributed by atoms with Crippen LogP contribution in [0.3, 0.4) is 0 Å². The lowest BCUT2D eigenvalue weighted by atomic mass is 10.0. The zero-order valence-electron chi connectivity index (χ0n) is 24.7. The quantitative estimate of drug-likeness (QED) is 0.0766. The van der Waals surface area contributed by atoms with E-state index in [2.05, 4.69) is 21.3 Å². The zero-order chi connectivity index (χ0) is 30.9. The molecule has 6 amide bonds. The lowest BCUT2D eigenvalue weighted by Gasteiger charge is -2.16. The number of fused-ring (bicyclic) bond motifs is 1. The number of carbonyl (C=O) groups is 6. The van der Waals surface area contributed by atoms with Crippen molar-refractivity contribution in [1.82, 2.24) is 26.3 Å². The first-order chi connectivity index (χ1) is 20.8. The molecule has 15 heteroatoms. The van der Waals surface area contributed by atoms with Crippen LogP contribution in [0.5, 0.6) is 0 Å². The fourth-order valence-electron chi connectivity index (χ4n) is 5.01. The molecule has 0 saturated carbocycles. The minimum atomic E-state index is -0.603. The number of carbonyl (C=O) groups excluding carboxylic acids is 6. The highest BCUT2D eigenvalue weighted by Gasteiger charge is 2.42. The Kier molecular flexibility index (Phi) is 15.6. The number of rotatable bonds is 22. The number of hydroxylamine groups is 2. The van der Waals surface area contributed by atoms with Gasteiger partial charge in [0.2, 0.25) is 11.8 Å². The molecule has 0 radical (unpaired) electrons. The Morgan fingerprint density at radius 2 is 1.35 bits per heavy atom. The standard InChI is InChI=1S/C28H45N5O9S/c34-22(8-3-1-2-4-10-26(38)42-33-24(36)11-12-25(33)37)29-13-15-40-17-18-41-16-14-30-23(35)9-6-5-7-21-27-20(19-43-21)31-28(39)32-27/h20-21,27H,1-19H2,(H,29,34)(H,30,35)(H2,31,32,39)/t20-,21-,27-/m0/s1. The van der Waals surface area contributed by atoms with Gasteiger partial charge in [0.25, 0.3) is 11.8 Å². The molecule has 0 aromatic carbocycles. The van der Waals surface area contributed by atoms with E-state index in [1.807, 2.05) is 11.8 Å². The normalized spacial score (nSPS) is 21.0. The van der Waals surface area contributed by atoms with Crippen molar-refractivity contribution in [3.63, 3.8) is 0 Å². The molecule has 3 rings (SSSR count). The van der Waals surface area contributed by atoms with Crippen LogP contribution in [0.1, 0.15) is 77.0 Å². The van der Waals surface area contributed by atoms with Crippen LogP contribution in [-0.2, 0) is 38.3 Å². The van der Waals surface area contributed by atoms with Crippen molar-refractivity contribution in [3.05, 3.63) is 0 Å². The second-order valence-electron chi connectivity index (χ2n) is 10.8. The van der Waals surface area contributed by atoms with Crippen molar-refractivity contribution in [2.45, 2.75) is 94.4 Å². The van der Waals surface area contributed by atoms with E-state index < -0.39 is 17.8 Å². The van der Waals surface area contributed by atoms with Crippen LogP contribution in [-0.4, -0.2) is 103 Å². The van der Waals surface area contributed by atoms with Crippen LogP contribution in [0.15, 0.2) is 0 Å². The Labute approximate surface area is 256 Å². The molecule has 3 saturated heterocycles. The van der Waals surface area contributed by atoms with Crippen LogP contribution >= 0.6 is 11.8 Å². The first kappa shape index (κ1) is 34.6. The molecule has 0 unspecified atom stereocenters. The molecule has 3 atom stereocenters. The Morgan fingerprint density at radius 1 is 0.767 bits per heavy atom. The average molecular weight is 628 g/mol. The van der Waals surface area contributed by atoms with E-state index in [1.54, 1.807) is 0 Å². The summed E-state index contributed by atoms with van der Waals surface area (Å²) in [5.41, 5.74) is 0. The molecule has 0 bridgehead atoms. The number of thioether (sulfide) groups is 1. The second-order valence-corrected chi connectivity index (χ2v) is 12.0. The number of imide groups is 1. The largest absolute Gasteiger partial charge is 0.377 e. The first-order valence-corrected chi connectivity index (χ1v) is 16.3. The van der Waals surface area contributed by atoms with Gasteiger partial charge in [-0.2, -0.15) is 11.8 Å². The smallest absolute Gasteiger partial charge is 0.333 e. The third kappa shape index (κ3) is 13.1. The summed E-state index contributed by atoms with van der Waals surface area (Å²) in [6.45, 7) is 2.41. The van der Waals surface area contributed by atoms with Gasteiger partial charge < -0.3 is 35.6 Å². The van der Waals surface area contributed by atoms with Gasteiger partial charge in [-0.25, -0.2) is 9.59 Å². The molecule has 3 aliphatic heterocycles. The minimum Gasteiger partial charge on any atom is -0.377 e. The number of amides is 6. The van der Waals surface area contributed by atoms with Gasteiger partial charge in [0.05, 0.1) is 38.5 Å². The van der Waals surface area contributed by atoms with Gasteiger partial charge >= 0.3 is 12.0 Å². The van der Waals surface area contributed by atoms with E-state index >= 15 is 0 Å². The van der Waals surface area contributed by atoms with Gasteiger partial charge in [-0.1, -0.05) is 19.3 Å². The number of ether oxygens (including phenoxy) is 2. The molecule has 0 aromatic heterocycles. The third-order valence-corrected chi connectivity index (χ3v) is 8.83. The SMILES string of the molecule is O=C(CCCCCCC(=O)ON1C(=O)CCC1=O)NCCOCCOCCNC(=O)CCCC[C@@H]1SC[C@@H]2NC(=O)N[C@@H]21. The molecule has 0 spiro atoms. The summed E-state index contributed by atoms with van der Waals surface area (Å²) in [5, 5.41) is 12.5. The van der Waals surface area contributed by atoms with Crippen molar-refractivity contribution in [1.29, 1.82) is 0 Å². The van der Waals surface area contributed by atoms with E-state index in [1.165, 1.54) is 0 Å². The van der Waals surface area contributed by atoms with E-state index in [0.29, 0.717) is 75.5 Å². The van der Waals surface area contributed by atoms with Gasteiger partial charge in [0, 0.05) is 56.2 Å². The maximum atomic E-state index is 12.0. The van der Waals surface area contributed by atoms with Crippen LogP contribution in [0.4, 0.5) is 4.79 Å². The van der Waals surface area contributed by atoms with E-state index in [-0.39, 0.29) is 49.2 Å². The number of hydrogen-bond acceptors (Lipinski definition) is 10.